The summed E-state index contributed by atoms with van der Waals surface area (Å²) in [7, 11) is 5.10. The first-order chi connectivity index (χ1) is 13.7. The molecule has 0 amide bonds. The molecule has 8 heteroatoms. The summed E-state index contributed by atoms with van der Waals surface area (Å²) in [6.45, 7) is 11.0. The minimum atomic E-state index is 0. The molecule has 1 aliphatic heterocycles. The van der Waals surface area contributed by atoms with E-state index in [2.05, 4.69) is 32.3 Å². The van der Waals surface area contributed by atoms with Crippen LogP contribution in [-0.2, 0) is 6.54 Å². The number of aliphatic imine (C=N–C) groups is 1. The van der Waals surface area contributed by atoms with Crippen molar-refractivity contribution in [2.75, 3.05) is 67.1 Å². The van der Waals surface area contributed by atoms with Crippen LogP contribution in [0.3, 0.4) is 0 Å². The Labute approximate surface area is 193 Å². The van der Waals surface area contributed by atoms with Gasteiger partial charge in [0.15, 0.2) is 17.5 Å². The van der Waals surface area contributed by atoms with Crippen molar-refractivity contribution in [3.8, 4) is 11.5 Å². The SMILES string of the molecule is CCN1CCN(CCCCNC(=NC)NCc2ccc(OC)c(OC)c2)CC1.I. The second kappa shape index (κ2) is 14.7. The van der Waals surface area contributed by atoms with E-state index in [0.29, 0.717) is 6.54 Å². The molecule has 2 rings (SSSR count). The Balaban J connectivity index is 0.00000420. The number of unbranched alkanes of at least 4 members (excludes halogenated alkanes) is 1. The molecule has 0 bridgehead atoms. The lowest BCUT2D eigenvalue weighted by Gasteiger charge is -2.34. The van der Waals surface area contributed by atoms with Crippen LogP contribution < -0.4 is 20.1 Å². The quantitative estimate of drug-likeness (QED) is 0.214. The molecular weight excluding hydrogens is 481 g/mol. The minimum absolute atomic E-state index is 0. The first-order valence-corrected chi connectivity index (χ1v) is 10.3. The van der Waals surface area contributed by atoms with Gasteiger partial charge in [-0.05, 0) is 43.6 Å². The van der Waals surface area contributed by atoms with Gasteiger partial charge in [0.05, 0.1) is 14.2 Å². The maximum Gasteiger partial charge on any atom is 0.191 e. The molecule has 1 aromatic carbocycles. The largest absolute Gasteiger partial charge is 0.493 e. The maximum atomic E-state index is 5.36. The zero-order valence-electron chi connectivity index (χ0n) is 18.4. The zero-order chi connectivity index (χ0) is 20.2. The van der Waals surface area contributed by atoms with Gasteiger partial charge in [0.25, 0.3) is 0 Å². The van der Waals surface area contributed by atoms with Gasteiger partial charge in [0, 0.05) is 46.3 Å². The number of piperazine rings is 1. The third-order valence-corrected chi connectivity index (χ3v) is 5.24. The van der Waals surface area contributed by atoms with E-state index in [1.165, 1.54) is 45.7 Å². The molecule has 166 valence electrons. The van der Waals surface area contributed by atoms with Crippen LogP contribution in [0.1, 0.15) is 25.3 Å². The molecule has 1 aliphatic rings. The number of methoxy groups -OCH3 is 2. The molecule has 2 N–H and O–H groups in total. The molecule has 7 nitrogen and oxygen atoms in total. The van der Waals surface area contributed by atoms with Crippen molar-refractivity contribution in [3.63, 3.8) is 0 Å². The fourth-order valence-electron chi connectivity index (χ4n) is 3.39. The second-order valence-corrected chi connectivity index (χ2v) is 7.02. The Morgan fingerprint density at radius 2 is 1.69 bits per heavy atom. The molecular formula is C21H38IN5O2. The van der Waals surface area contributed by atoms with Crippen molar-refractivity contribution in [1.82, 2.24) is 20.4 Å². The van der Waals surface area contributed by atoms with Crippen LogP contribution in [0.2, 0.25) is 0 Å². The smallest absolute Gasteiger partial charge is 0.191 e. The predicted molar refractivity (Wildman–Crippen MR) is 131 cm³/mol. The summed E-state index contributed by atoms with van der Waals surface area (Å²) >= 11 is 0. The summed E-state index contributed by atoms with van der Waals surface area (Å²) in [4.78, 5) is 9.41. The van der Waals surface area contributed by atoms with Crippen LogP contribution in [0.15, 0.2) is 23.2 Å². The van der Waals surface area contributed by atoms with Crippen LogP contribution >= 0.6 is 24.0 Å². The Bertz CT molecular complexity index is 607. The van der Waals surface area contributed by atoms with Gasteiger partial charge in [-0.3, -0.25) is 4.99 Å². The highest BCUT2D eigenvalue weighted by molar-refractivity contribution is 14.0. The van der Waals surface area contributed by atoms with E-state index in [4.69, 9.17) is 9.47 Å². The molecule has 0 unspecified atom stereocenters. The topological polar surface area (TPSA) is 61.4 Å². The highest BCUT2D eigenvalue weighted by Crippen LogP contribution is 2.27. The lowest BCUT2D eigenvalue weighted by molar-refractivity contribution is 0.136. The van der Waals surface area contributed by atoms with Crippen LogP contribution in [0.4, 0.5) is 0 Å². The van der Waals surface area contributed by atoms with Crippen molar-refractivity contribution in [1.29, 1.82) is 0 Å². The maximum absolute atomic E-state index is 5.36. The summed E-state index contributed by atoms with van der Waals surface area (Å²) in [5.74, 6) is 2.31. The van der Waals surface area contributed by atoms with Crippen LogP contribution in [0, 0.1) is 0 Å². The number of nitrogens with zero attached hydrogens (tertiary/aromatic N) is 3. The number of hydrogen-bond acceptors (Lipinski definition) is 5. The summed E-state index contributed by atoms with van der Waals surface area (Å²) in [5, 5.41) is 6.75. The van der Waals surface area contributed by atoms with Gasteiger partial charge >= 0.3 is 0 Å². The van der Waals surface area contributed by atoms with Crippen molar-refractivity contribution in [2.24, 2.45) is 4.99 Å². The van der Waals surface area contributed by atoms with E-state index in [0.717, 1.165) is 36.0 Å². The molecule has 0 aromatic heterocycles. The molecule has 1 fully saturated rings. The highest BCUT2D eigenvalue weighted by atomic mass is 127. The molecule has 0 radical (unpaired) electrons. The molecule has 1 heterocycles. The average Bonchev–Trinajstić information content (AvgIpc) is 2.75. The number of benzene rings is 1. The van der Waals surface area contributed by atoms with Gasteiger partial charge < -0.3 is 29.9 Å². The number of rotatable bonds is 10. The Morgan fingerprint density at radius 1 is 1.00 bits per heavy atom. The van der Waals surface area contributed by atoms with E-state index in [9.17, 15) is 0 Å². The number of hydrogen-bond donors (Lipinski definition) is 2. The van der Waals surface area contributed by atoms with Crippen molar-refractivity contribution in [3.05, 3.63) is 23.8 Å². The number of nitrogens with one attached hydrogen (secondary N) is 2. The lowest BCUT2D eigenvalue weighted by Crippen LogP contribution is -2.46. The lowest BCUT2D eigenvalue weighted by atomic mass is 10.2. The fourth-order valence-corrected chi connectivity index (χ4v) is 3.39. The molecule has 0 aliphatic carbocycles. The van der Waals surface area contributed by atoms with E-state index in [1.54, 1.807) is 21.3 Å². The van der Waals surface area contributed by atoms with Gasteiger partial charge in [-0.15, -0.1) is 24.0 Å². The molecule has 1 saturated heterocycles. The first-order valence-electron chi connectivity index (χ1n) is 10.3. The molecule has 0 saturated carbocycles. The summed E-state index contributed by atoms with van der Waals surface area (Å²) in [6.07, 6.45) is 2.36. The zero-order valence-corrected chi connectivity index (χ0v) is 20.7. The normalized spacial score (nSPS) is 15.5. The average molecular weight is 519 g/mol. The Hall–Kier alpha value is -1.26. The standard InChI is InChI=1S/C21H37N5O2.HI/c1-5-25-12-14-26(15-13-25)11-7-6-10-23-21(22-2)24-17-18-8-9-19(27-3)20(16-18)28-4;/h8-9,16H,5-7,10-15,17H2,1-4H3,(H2,22,23,24);1H. The number of halogens is 1. The van der Waals surface area contributed by atoms with E-state index >= 15 is 0 Å². The van der Waals surface area contributed by atoms with Crippen molar-refractivity contribution in [2.45, 2.75) is 26.3 Å². The van der Waals surface area contributed by atoms with Gasteiger partial charge in [-0.25, -0.2) is 0 Å². The van der Waals surface area contributed by atoms with Gasteiger partial charge in [0.1, 0.15) is 0 Å². The van der Waals surface area contributed by atoms with Gasteiger partial charge in [-0.1, -0.05) is 13.0 Å². The van der Waals surface area contributed by atoms with Crippen LogP contribution in [0.25, 0.3) is 0 Å². The number of ether oxygens (including phenoxy) is 2. The van der Waals surface area contributed by atoms with Crippen molar-refractivity contribution >= 4 is 29.9 Å². The minimum Gasteiger partial charge on any atom is -0.493 e. The monoisotopic (exact) mass is 519 g/mol. The number of likely N-dealkylation sites (N-methyl/N-ethyl adjacent to an activating group) is 1. The Morgan fingerprint density at radius 3 is 2.31 bits per heavy atom. The highest BCUT2D eigenvalue weighted by Gasteiger charge is 2.14. The third kappa shape index (κ3) is 8.96. The molecule has 29 heavy (non-hydrogen) atoms. The summed E-state index contributed by atoms with van der Waals surface area (Å²) in [6, 6.07) is 5.93. The summed E-state index contributed by atoms with van der Waals surface area (Å²) < 4.78 is 10.6. The molecule has 0 spiro atoms. The predicted octanol–water partition coefficient (Wildman–Crippen LogP) is 2.40. The Kier molecular flexibility index (Phi) is 13.0. The third-order valence-electron chi connectivity index (χ3n) is 5.24. The van der Waals surface area contributed by atoms with E-state index < -0.39 is 0 Å². The van der Waals surface area contributed by atoms with Crippen molar-refractivity contribution < 1.29 is 9.47 Å². The first kappa shape index (κ1) is 25.8. The second-order valence-electron chi connectivity index (χ2n) is 7.02. The van der Waals surface area contributed by atoms with Gasteiger partial charge in [-0.2, -0.15) is 0 Å². The van der Waals surface area contributed by atoms with E-state index in [1.807, 2.05) is 18.2 Å². The van der Waals surface area contributed by atoms with Gasteiger partial charge in [0.2, 0.25) is 0 Å². The summed E-state index contributed by atoms with van der Waals surface area (Å²) in [5.41, 5.74) is 1.12. The van der Waals surface area contributed by atoms with Crippen LogP contribution in [0.5, 0.6) is 11.5 Å². The van der Waals surface area contributed by atoms with E-state index in [-0.39, 0.29) is 24.0 Å². The number of guanidine groups is 1. The molecule has 1 aromatic rings. The van der Waals surface area contributed by atoms with Crippen LogP contribution in [-0.4, -0.2) is 82.8 Å². The fraction of sp³-hybridized carbons (Fsp3) is 0.667. The molecule has 0 atom stereocenters.